The Kier molecular flexibility index (Phi) is 5.56. The summed E-state index contributed by atoms with van der Waals surface area (Å²) < 4.78 is 5.20. The van der Waals surface area contributed by atoms with E-state index in [2.05, 4.69) is 20.5 Å². The van der Waals surface area contributed by atoms with Gasteiger partial charge in [-0.05, 0) is 48.9 Å². The molecule has 0 spiro atoms. The number of amides is 1. The third-order valence-corrected chi connectivity index (χ3v) is 4.06. The van der Waals surface area contributed by atoms with Crippen LogP contribution in [0.25, 0.3) is 10.9 Å². The number of guanidine groups is 1. The SMILES string of the molecule is COc1ccc2[nH]c(C(=O)Nc3ccc(/C(C)=N/N=C(/N)NO)cc3)cc2c1. The maximum absolute atomic E-state index is 12.5. The molecule has 9 heteroatoms. The van der Waals surface area contributed by atoms with E-state index in [1.165, 1.54) is 0 Å². The highest BCUT2D eigenvalue weighted by Crippen LogP contribution is 2.22. The number of carbonyl (C=O) groups is 1. The topological polar surface area (TPSA) is 137 Å². The number of nitrogens with two attached hydrogens (primary N) is 1. The van der Waals surface area contributed by atoms with Crippen molar-refractivity contribution in [3.05, 3.63) is 59.8 Å². The number of ether oxygens (including phenoxy) is 1. The maximum Gasteiger partial charge on any atom is 0.272 e. The number of nitrogens with zero attached hydrogens (tertiary/aromatic N) is 2. The number of rotatable bonds is 5. The summed E-state index contributed by atoms with van der Waals surface area (Å²) in [6.07, 6.45) is 0. The number of hydrogen-bond acceptors (Lipinski definition) is 5. The van der Waals surface area contributed by atoms with Gasteiger partial charge in [-0.25, -0.2) is 5.48 Å². The molecule has 144 valence electrons. The second-order valence-corrected chi connectivity index (χ2v) is 5.95. The number of aromatic nitrogens is 1. The summed E-state index contributed by atoms with van der Waals surface area (Å²) >= 11 is 0. The van der Waals surface area contributed by atoms with Gasteiger partial charge in [-0.1, -0.05) is 12.1 Å². The van der Waals surface area contributed by atoms with E-state index in [-0.39, 0.29) is 11.9 Å². The van der Waals surface area contributed by atoms with Crippen molar-refractivity contribution < 1.29 is 14.7 Å². The summed E-state index contributed by atoms with van der Waals surface area (Å²) in [5.41, 5.74) is 10.3. The Morgan fingerprint density at radius 1 is 1.14 bits per heavy atom. The third-order valence-electron chi connectivity index (χ3n) is 4.06. The van der Waals surface area contributed by atoms with Gasteiger partial charge in [0, 0.05) is 16.6 Å². The number of aromatic amines is 1. The molecule has 0 atom stereocenters. The average Bonchev–Trinajstić information content (AvgIpc) is 3.15. The van der Waals surface area contributed by atoms with E-state index in [1.807, 2.05) is 18.2 Å². The summed E-state index contributed by atoms with van der Waals surface area (Å²) in [7, 11) is 1.60. The highest BCUT2D eigenvalue weighted by molar-refractivity contribution is 6.06. The zero-order chi connectivity index (χ0) is 20.1. The lowest BCUT2D eigenvalue weighted by molar-refractivity contribution is 0.102. The van der Waals surface area contributed by atoms with Gasteiger partial charge in [-0.2, -0.15) is 5.10 Å². The first-order valence-corrected chi connectivity index (χ1v) is 8.36. The number of hydroxylamine groups is 1. The first-order valence-electron chi connectivity index (χ1n) is 8.36. The summed E-state index contributed by atoms with van der Waals surface area (Å²) in [4.78, 5) is 15.6. The lowest BCUT2D eigenvalue weighted by Crippen LogP contribution is -2.27. The Morgan fingerprint density at radius 2 is 1.89 bits per heavy atom. The van der Waals surface area contributed by atoms with Gasteiger partial charge in [0.15, 0.2) is 0 Å². The van der Waals surface area contributed by atoms with Crippen molar-refractivity contribution in [1.82, 2.24) is 10.5 Å². The van der Waals surface area contributed by atoms with Crippen molar-refractivity contribution >= 4 is 34.2 Å². The average molecular weight is 380 g/mol. The van der Waals surface area contributed by atoms with Crippen molar-refractivity contribution in [2.75, 3.05) is 12.4 Å². The number of carbonyl (C=O) groups excluding carboxylic acids is 1. The van der Waals surface area contributed by atoms with E-state index in [0.717, 1.165) is 22.2 Å². The van der Waals surface area contributed by atoms with Crippen LogP contribution < -0.4 is 21.3 Å². The lowest BCUT2D eigenvalue weighted by Gasteiger charge is -2.05. The van der Waals surface area contributed by atoms with Crippen molar-refractivity contribution in [2.45, 2.75) is 6.92 Å². The highest BCUT2D eigenvalue weighted by Gasteiger charge is 2.10. The van der Waals surface area contributed by atoms with Gasteiger partial charge in [-0.15, -0.1) is 5.10 Å². The summed E-state index contributed by atoms with van der Waals surface area (Å²) in [5, 5.41) is 19.8. The maximum atomic E-state index is 12.5. The second-order valence-electron chi connectivity index (χ2n) is 5.95. The fourth-order valence-corrected chi connectivity index (χ4v) is 2.56. The number of anilines is 1. The monoisotopic (exact) mass is 380 g/mol. The van der Waals surface area contributed by atoms with E-state index in [9.17, 15) is 4.79 Å². The Bertz CT molecular complexity index is 1050. The minimum absolute atomic E-state index is 0.209. The van der Waals surface area contributed by atoms with Crippen molar-refractivity contribution in [1.29, 1.82) is 0 Å². The van der Waals surface area contributed by atoms with Crippen molar-refractivity contribution in [2.24, 2.45) is 15.9 Å². The van der Waals surface area contributed by atoms with Gasteiger partial charge < -0.3 is 20.8 Å². The van der Waals surface area contributed by atoms with Gasteiger partial charge in [0.2, 0.25) is 5.96 Å². The third kappa shape index (κ3) is 4.27. The minimum Gasteiger partial charge on any atom is -0.497 e. The number of nitrogens with one attached hydrogen (secondary N) is 3. The summed E-state index contributed by atoms with van der Waals surface area (Å²) in [6.45, 7) is 1.75. The van der Waals surface area contributed by atoms with Crippen LogP contribution in [-0.2, 0) is 0 Å². The number of methoxy groups -OCH3 is 1. The zero-order valence-corrected chi connectivity index (χ0v) is 15.4. The molecule has 6 N–H and O–H groups in total. The molecule has 0 aliphatic rings. The van der Waals surface area contributed by atoms with Gasteiger partial charge in [0.1, 0.15) is 11.4 Å². The molecular weight excluding hydrogens is 360 g/mol. The minimum atomic E-state index is -0.250. The molecule has 2 aromatic carbocycles. The van der Waals surface area contributed by atoms with Crippen LogP contribution >= 0.6 is 0 Å². The number of H-pyrrole nitrogens is 1. The molecule has 0 aliphatic carbocycles. The Balaban J connectivity index is 1.72. The Hall–Kier alpha value is -3.85. The van der Waals surface area contributed by atoms with Crippen LogP contribution in [0.3, 0.4) is 0 Å². The van der Waals surface area contributed by atoms with E-state index in [0.29, 0.717) is 17.1 Å². The fraction of sp³-hybridized carbons (Fsp3) is 0.105. The van der Waals surface area contributed by atoms with Gasteiger partial charge >= 0.3 is 0 Å². The molecule has 0 radical (unpaired) electrons. The van der Waals surface area contributed by atoms with Gasteiger partial charge in [-0.3, -0.25) is 10.0 Å². The smallest absolute Gasteiger partial charge is 0.272 e. The highest BCUT2D eigenvalue weighted by atomic mass is 16.5. The molecule has 3 aromatic rings. The van der Waals surface area contributed by atoms with E-state index in [4.69, 9.17) is 15.7 Å². The zero-order valence-electron chi connectivity index (χ0n) is 15.4. The van der Waals surface area contributed by atoms with Crippen LogP contribution in [0.15, 0.2) is 58.7 Å². The molecule has 0 unspecified atom stereocenters. The van der Waals surface area contributed by atoms with Crippen LogP contribution in [0, 0.1) is 0 Å². The number of fused-ring (bicyclic) bond motifs is 1. The van der Waals surface area contributed by atoms with Crippen molar-refractivity contribution in [3.8, 4) is 5.75 Å². The molecule has 0 fully saturated rings. The van der Waals surface area contributed by atoms with E-state index >= 15 is 0 Å². The molecule has 28 heavy (non-hydrogen) atoms. The van der Waals surface area contributed by atoms with Crippen molar-refractivity contribution in [3.63, 3.8) is 0 Å². The van der Waals surface area contributed by atoms with Crippen LogP contribution in [0.1, 0.15) is 23.0 Å². The second kappa shape index (κ2) is 8.23. The van der Waals surface area contributed by atoms with Gasteiger partial charge in [0.05, 0.1) is 12.8 Å². The predicted molar refractivity (Wildman–Crippen MR) is 108 cm³/mol. The van der Waals surface area contributed by atoms with E-state index < -0.39 is 0 Å². The number of hydrogen-bond donors (Lipinski definition) is 5. The van der Waals surface area contributed by atoms with E-state index in [1.54, 1.807) is 49.8 Å². The first-order chi connectivity index (χ1) is 13.5. The molecule has 0 saturated heterocycles. The number of benzene rings is 2. The Morgan fingerprint density at radius 3 is 2.57 bits per heavy atom. The quantitative estimate of drug-likeness (QED) is 0.263. The molecule has 0 bridgehead atoms. The summed E-state index contributed by atoms with van der Waals surface area (Å²) in [6, 6.07) is 14.4. The molecule has 1 aromatic heterocycles. The standard InChI is InChI=1S/C19H20N6O3/c1-11(23-24-19(20)25-27)12-3-5-14(6-4-12)21-18(26)17-10-13-9-15(28-2)7-8-16(13)22-17/h3-10,22,27H,1-2H3,(H,21,26)(H3,20,24,25)/b23-11+. The Labute approximate surface area is 160 Å². The van der Waals surface area contributed by atoms with Crippen LogP contribution in [0.5, 0.6) is 5.75 Å². The van der Waals surface area contributed by atoms with Crippen LogP contribution in [0.2, 0.25) is 0 Å². The molecule has 9 nitrogen and oxygen atoms in total. The molecular formula is C19H20N6O3. The van der Waals surface area contributed by atoms with Gasteiger partial charge in [0.25, 0.3) is 5.91 Å². The fourth-order valence-electron chi connectivity index (χ4n) is 2.56. The summed E-state index contributed by atoms with van der Waals surface area (Å²) in [5.74, 6) is 0.269. The molecule has 1 amide bonds. The van der Waals surface area contributed by atoms with Crippen LogP contribution in [0.4, 0.5) is 5.69 Å². The normalized spacial score (nSPS) is 12.1. The molecule has 3 rings (SSSR count). The lowest BCUT2D eigenvalue weighted by atomic mass is 10.1. The molecule has 0 aliphatic heterocycles. The molecule has 0 saturated carbocycles. The predicted octanol–water partition coefficient (Wildman–Crippen LogP) is 2.45. The molecule has 1 heterocycles. The largest absolute Gasteiger partial charge is 0.497 e. The first kappa shape index (κ1) is 18.9. The van der Waals surface area contributed by atoms with Crippen LogP contribution in [-0.4, -0.2) is 34.9 Å².